The lowest BCUT2D eigenvalue weighted by atomic mass is 9.85. The number of hydrogen-bond acceptors (Lipinski definition) is 3. The third-order valence-corrected chi connectivity index (χ3v) is 5.56. The normalized spacial score (nSPS) is 24.1. The van der Waals surface area contributed by atoms with Crippen molar-refractivity contribution in [1.29, 1.82) is 0 Å². The molecule has 2 saturated carbocycles. The standard InChI is InChI=1S/C19H32N4O/c1-4-17-16(18(5-2)23(3)22-17)12-20-15-8-6-7-13(11-15)19(24)21-14-9-10-14/h13-15,20H,4-12H2,1-3H3,(H,21,24). The van der Waals surface area contributed by atoms with Gasteiger partial charge in [-0.15, -0.1) is 0 Å². The first-order valence-corrected chi connectivity index (χ1v) is 9.69. The Balaban J connectivity index is 1.57. The van der Waals surface area contributed by atoms with Gasteiger partial charge in [-0.25, -0.2) is 0 Å². The first-order valence-electron chi connectivity index (χ1n) is 9.69. The van der Waals surface area contributed by atoms with Crippen LogP contribution < -0.4 is 10.6 Å². The van der Waals surface area contributed by atoms with E-state index >= 15 is 0 Å². The van der Waals surface area contributed by atoms with Crippen LogP contribution in [0.25, 0.3) is 0 Å². The van der Waals surface area contributed by atoms with Crippen LogP contribution in [0.2, 0.25) is 0 Å². The molecule has 5 heteroatoms. The van der Waals surface area contributed by atoms with E-state index in [4.69, 9.17) is 0 Å². The maximum absolute atomic E-state index is 12.3. The lowest BCUT2D eigenvalue weighted by molar-refractivity contribution is -0.126. The van der Waals surface area contributed by atoms with E-state index in [0.717, 1.165) is 38.6 Å². The Morgan fingerprint density at radius 3 is 2.62 bits per heavy atom. The van der Waals surface area contributed by atoms with Crippen LogP contribution in [0.5, 0.6) is 0 Å². The summed E-state index contributed by atoms with van der Waals surface area (Å²) < 4.78 is 2.03. The molecule has 1 aromatic heterocycles. The van der Waals surface area contributed by atoms with E-state index in [2.05, 4.69) is 29.6 Å². The van der Waals surface area contributed by atoms with Crippen LogP contribution in [0.15, 0.2) is 0 Å². The molecule has 2 fully saturated rings. The Morgan fingerprint density at radius 1 is 1.17 bits per heavy atom. The Hall–Kier alpha value is -1.36. The first-order chi connectivity index (χ1) is 11.6. The molecule has 0 aromatic carbocycles. The van der Waals surface area contributed by atoms with Crippen molar-refractivity contribution in [2.45, 2.75) is 83.8 Å². The average Bonchev–Trinajstić information content (AvgIpc) is 3.34. The number of amides is 1. The number of aromatic nitrogens is 2. The van der Waals surface area contributed by atoms with Gasteiger partial charge in [0.05, 0.1) is 5.69 Å². The zero-order chi connectivity index (χ0) is 17.1. The van der Waals surface area contributed by atoms with Crippen LogP contribution in [-0.4, -0.2) is 27.8 Å². The Kier molecular flexibility index (Phi) is 5.59. The van der Waals surface area contributed by atoms with Gasteiger partial charge in [-0.1, -0.05) is 20.3 Å². The fraction of sp³-hybridized carbons (Fsp3) is 0.789. The highest BCUT2D eigenvalue weighted by Gasteiger charge is 2.31. The molecule has 0 bridgehead atoms. The van der Waals surface area contributed by atoms with Gasteiger partial charge in [0, 0.05) is 42.9 Å². The fourth-order valence-electron chi connectivity index (χ4n) is 4.00. The minimum absolute atomic E-state index is 0.196. The number of aryl methyl sites for hydroxylation is 2. The lowest BCUT2D eigenvalue weighted by Gasteiger charge is -2.29. The van der Waals surface area contributed by atoms with Crippen LogP contribution in [0, 0.1) is 5.92 Å². The van der Waals surface area contributed by atoms with Crippen molar-refractivity contribution >= 4 is 5.91 Å². The molecule has 24 heavy (non-hydrogen) atoms. The number of carbonyl (C=O) groups excluding carboxylic acids is 1. The predicted molar refractivity (Wildman–Crippen MR) is 95.7 cm³/mol. The molecule has 3 rings (SSSR count). The SMILES string of the molecule is CCc1nn(C)c(CC)c1CNC1CCCC(C(=O)NC2CC2)C1. The van der Waals surface area contributed by atoms with Gasteiger partial charge in [-0.2, -0.15) is 5.10 Å². The zero-order valence-electron chi connectivity index (χ0n) is 15.4. The monoisotopic (exact) mass is 332 g/mol. The summed E-state index contributed by atoms with van der Waals surface area (Å²) in [6.07, 6.45) is 8.66. The molecule has 1 heterocycles. The van der Waals surface area contributed by atoms with E-state index in [1.807, 2.05) is 11.7 Å². The first kappa shape index (κ1) is 17.5. The topological polar surface area (TPSA) is 59.0 Å². The summed E-state index contributed by atoms with van der Waals surface area (Å²) in [7, 11) is 2.04. The van der Waals surface area contributed by atoms with Crippen molar-refractivity contribution in [1.82, 2.24) is 20.4 Å². The number of carbonyl (C=O) groups is 1. The van der Waals surface area contributed by atoms with Crippen molar-refractivity contribution in [3.8, 4) is 0 Å². The molecule has 2 unspecified atom stereocenters. The molecule has 1 aromatic rings. The van der Waals surface area contributed by atoms with E-state index in [-0.39, 0.29) is 11.8 Å². The smallest absolute Gasteiger partial charge is 0.223 e. The van der Waals surface area contributed by atoms with Crippen LogP contribution in [0.4, 0.5) is 0 Å². The maximum atomic E-state index is 12.3. The summed E-state index contributed by atoms with van der Waals surface area (Å²) in [6.45, 7) is 5.24. The zero-order valence-corrected chi connectivity index (χ0v) is 15.4. The van der Waals surface area contributed by atoms with Crippen LogP contribution in [0.1, 0.15) is 69.3 Å². The van der Waals surface area contributed by atoms with Crippen LogP contribution in [-0.2, 0) is 31.2 Å². The molecular weight excluding hydrogens is 300 g/mol. The van der Waals surface area contributed by atoms with Gasteiger partial charge >= 0.3 is 0 Å². The highest BCUT2D eigenvalue weighted by atomic mass is 16.2. The summed E-state index contributed by atoms with van der Waals surface area (Å²) in [6, 6.07) is 0.920. The van der Waals surface area contributed by atoms with Gasteiger partial charge in [0.15, 0.2) is 0 Å². The minimum Gasteiger partial charge on any atom is -0.353 e. The summed E-state index contributed by atoms with van der Waals surface area (Å²) >= 11 is 0. The lowest BCUT2D eigenvalue weighted by Crippen LogP contribution is -2.40. The van der Waals surface area contributed by atoms with E-state index in [1.165, 1.54) is 36.2 Å². The molecule has 2 atom stereocenters. The molecule has 1 amide bonds. The molecule has 0 radical (unpaired) electrons. The second kappa shape index (κ2) is 7.68. The Labute approximate surface area is 145 Å². The third kappa shape index (κ3) is 4.00. The summed E-state index contributed by atoms with van der Waals surface area (Å²) in [5.41, 5.74) is 3.91. The average molecular weight is 332 g/mol. The van der Waals surface area contributed by atoms with Crippen molar-refractivity contribution in [2.75, 3.05) is 0 Å². The highest BCUT2D eigenvalue weighted by Crippen LogP contribution is 2.27. The van der Waals surface area contributed by atoms with Crippen molar-refractivity contribution in [3.05, 3.63) is 17.0 Å². The predicted octanol–water partition coefficient (Wildman–Crippen LogP) is 2.47. The van der Waals surface area contributed by atoms with Crippen molar-refractivity contribution in [3.63, 3.8) is 0 Å². The van der Waals surface area contributed by atoms with Gasteiger partial charge in [-0.05, 0) is 44.9 Å². The van der Waals surface area contributed by atoms with Crippen molar-refractivity contribution < 1.29 is 4.79 Å². The molecule has 2 N–H and O–H groups in total. The quantitative estimate of drug-likeness (QED) is 0.806. The van der Waals surface area contributed by atoms with Gasteiger partial charge in [-0.3, -0.25) is 9.48 Å². The van der Waals surface area contributed by atoms with Gasteiger partial charge in [0.25, 0.3) is 0 Å². The third-order valence-electron chi connectivity index (χ3n) is 5.56. The number of hydrogen-bond donors (Lipinski definition) is 2. The van der Waals surface area contributed by atoms with Gasteiger partial charge in [0.2, 0.25) is 5.91 Å². The second-order valence-electron chi connectivity index (χ2n) is 7.43. The molecule has 5 nitrogen and oxygen atoms in total. The number of nitrogens with one attached hydrogen (secondary N) is 2. The van der Waals surface area contributed by atoms with Gasteiger partial charge in [0.1, 0.15) is 0 Å². The van der Waals surface area contributed by atoms with Crippen LogP contribution >= 0.6 is 0 Å². The highest BCUT2D eigenvalue weighted by molar-refractivity contribution is 5.79. The van der Waals surface area contributed by atoms with E-state index in [9.17, 15) is 4.79 Å². The molecule has 0 spiro atoms. The van der Waals surface area contributed by atoms with E-state index < -0.39 is 0 Å². The molecular formula is C19H32N4O. The number of nitrogens with zero attached hydrogens (tertiary/aromatic N) is 2. The van der Waals surface area contributed by atoms with Crippen LogP contribution in [0.3, 0.4) is 0 Å². The largest absolute Gasteiger partial charge is 0.353 e. The van der Waals surface area contributed by atoms with E-state index in [0.29, 0.717) is 12.1 Å². The molecule has 0 saturated heterocycles. The second-order valence-corrected chi connectivity index (χ2v) is 7.43. The maximum Gasteiger partial charge on any atom is 0.223 e. The van der Waals surface area contributed by atoms with Crippen molar-refractivity contribution in [2.24, 2.45) is 13.0 Å². The van der Waals surface area contributed by atoms with Gasteiger partial charge < -0.3 is 10.6 Å². The molecule has 2 aliphatic rings. The molecule has 0 aliphatic heterocycles. The Bertz CT molecular complexity index is 576. The Morgan fingerprint density at radius 2 is 1.96 bits per heavy atom. The fourth-order valence-corrected chi connectivity index (χ4v) is 4.00. The molecule has 134 valence electrons. The summed E-state index contributed by atoms with van der Waals surface area (Å²) in [5, 5.41) is 11.6. The number of rotatable bonds is 7. The summed E-state index contributed by atoms with van der Waals surface area (Å²) in [5.74, 6) is 0.482. The summed E-state index contributed by atoms with van der Waals surface area (Å²) in [4.78, 5) is 12.3. The van der Waals surface area contributed by atoms with E-state index in [1.54, 1.807) is 0 Å². The minimum atomic E-state index is 0.196. The molecule has 2 aliphatic carbocycles.